The molecule has 290 valence electrons. The van der Waals surface area contributed by atoms with Crippen molar-refractivity contribution in [3.8, 4) is 11.8 Å². The minimum Gasteiger partial charge on any atom is -0.393 e. The van der Waals surface area contributed by atoms with E-state index in [-0.39, 0.29) is 68.5 Å². The van der Waals surface area contributed by atoms with Crippen molar-refractivity contribution in [3.05, 3.63) is 23.8 Å². The first-order valence-corrected chi connectivity index (χ1v) is 19.4. The molecule has 13 nitrogen and oxygen atoms in total. The van der Waals surface area contributed by atoms with Crippen molar-refractivity contribution < 1.29 is 48.0 Å². The zero-order valence-corrected chi connectivity index (χ0v) is 31.2. The third-order valence-electron chi connectivity index (χ3n) is 12.7. The maximum atomic E-state index is 14.3. The fourth-order valence-electron chi connectivity index (χ4n) is 10.2. The summed E-state index contributed by atoms with van der Waals surface area (Å²) in [5, 5.41) is 19.4. The molecule has 5 aliphatic carbocycles. The van der Waals surface area contributed by atoms with E-state index in [0.29, 0.717) is 19.3 Å². The minimum atomic E-state index is -1.32. The summed E-state index contributed by atoms with van der Waals surface area (Å²) in [4.78, 5) is 63.4. The predicted octanol–water partition coefficient (Wildman–Crippen LogP) is 2.40. The largest absolute Gasteiger partial charge is 0.393 e. The Balaban J connectivity index is 0.990. The summed E-state index contributed by atoms with van der Waals surface area (Å²) >= 11 is 0. The zero-order chi connectivity index (χ0) is 37.8. The number of carbonyl (C=O) groups excluding carboxylic acids is 5. The maximum Gasteiger partial charge on any atom is 0.246 e. The second-order valence-corrected chi connectivity index (χ2v) is 15.9. The van der Waals surface area contributed by atoms with Crippen LogP contribution in [0.25, 0.3) is 0 Å². The van der Waals surface area contributed by atoms with Gasteiger partial charge in [0.1, 0.15) is 26.0 Å². The Morgan fingerprint density at radius 2 is 1.79 bits per heavy atom. The molecule has 3 unspecified atom stereocenters. The van der Waals surface area contributed by atoms with Gasteiger partial charge in [0, 0.05) is 23.2 Å². The molecule has 0 bridgehead atoms. The number of Topliss-reactive ketones (excluding diaryl/α,β-unsaturated/α-hetero) is 1. The van der Waals surface area contributed by atoms with Crippen molar-refractivity contribution in [2.45, 2.75) is 122 Å². The Kier molecular flexibility index (Phi) is 12.3. The molecule has 53 heavy (non-hydrogen) atoms. The average molecular weight is 738 g/mol. The summed E-state index contributed by atoms with van der Waals surface area (Å²) in [6.07, 6.45) is 11.9. The fourth-order valence-corrected chi connectivity index (χ4v) is 10.2. The smallest absolute Gasteiger partial charge is 0.246 e. The highest BCUT2D eigenvalue weighted by molar-refractivity contribution is 6.01. The highest BCUT2D eigenvalue weighted by Gasteiger charge is 2.75. The quantitative estimate of drug-likeness (QED) is 0.118. The first-order valence-electron chi connectivity index (χ1n) is 19.4. The first-order chi connectivity index (χ1) is 25.4. The second kappa shape index (κ2) is 16.5. The number of carbonyl (C=O) groups is 5. The van der Waals surface area contributed by atoms with Gasteiger partial charge in [0.25, 0.3) is 0 Å². The van der Waals surface area contributed by atoms with Crippen molar-refractivity contribution in [1.29, 1.82) is 0 Å². The number of aliphatic hydroxyl groups excluding tert-OH is 1. The highest BCUT2D eigenvalue weighted by atomic mass is 16.7. The summed E-state index contributed by atoms with van der Waals surface area (Å²) in [6.45, 7) is 4.71. The van der Waals surface area contributed by atoms with E-state index in [4.69, 9.17) is 18.9 Å². The van der Waals surface area contributed by atoms with Gasteiger partial charge in [-0.2, -0.15) is 0 Å². The van der Waals surface area contributed by atoms with E-state index in [1.54, 1.807) is 12.2 Å². The number of fused-ring (bicyclic) bond motifs is 7. The van der Waals surface area contributed by atoms with Crippen LogP contribution >= 0.6 is 0 Å². The number of rotatable bonds is 14. The fraction of sp³-hybridized carbons (Fsp3) is 0.725. The number of aliphatic hydroxyl groups is 1. The van der Waals surface area contributed by atoms with Gasteiger partial charge in [-0.3, -0.25) is 24.0 Å². The van der Waals surface area contributed by atoms with Crippen LogP contribution in [0.2, 0.25) is 0 Å². The van der Waals surface area contributed by atoms with E-state index in [2.05, 4.69) is 34.7 Å². The van der Waals surface area contributed by atoms with Crippen LogP contribution in [0.5, 0.6) is 0 Å². The van der Waals surface area contributed by atoms with Crippen LogP contribution in [0.3, 0.4) is 0 Å². The van der Waals surface area contributed by atoms with Crippen molar-refractivity contribution >= 4 is 29.3 Å². The Bertz CT molecular complexity index is 1570. The molecular weight excluding hydrogens is 682 g/mol. The summed E-state index contributed by atoms with van der Waals surface area (Å²) in [7, 11) is 0. The number of allylic oxidation sites excluding steroid dienone is 4. The Morgan fingerprint density at radius 3 is 2.58 bits per heavy atom. The number of amides is 3. The molecule has 0 radical (unpaired) electrons. The van der Waals surface area contributed by atoms with Crippen LogP contribution in [0.1, 0.15) is 91.4 Å². The van der Waals surface area contributed by atoms with Crippen molar-refractivity contribution in [1.82, 2.24) is 16.0 Å². The van der Waals surface area contributed by atoms with Crippen LogP contribution in [0, 0.1) is 40.4 Å². The normalized spacial score (nSPS) is 36.9. The van der Waals surface area contributed by atoms with E-state index in [1.165, 1.54) is 0 Å². The van der Waals surface area contributed by atoms with Gasteiger partial charge in [-0.25, -0.2) is 0 Å². The van der Waals surface area contributed by atoms with Crippen LogP contribution < -0.4 is 16.0 Å². The molecule has 0 spiro atoms. The lowest BCUT2D eigenvalue weighted by Crippen LogP contribution is -2.63. The van der Waals surface area contributed by atoms with Crippen molar-refractivity contribution in [2.24, 2.45) is 28.6 Å². The molecular formula is C40H55N3O10. The third-order valence-corrected chi connectivity index (χ3v) is 12.7. The lowest BCUT2D eigenvalue weighted by atomic mass is 9.46. The van der Waals surface area contributed by atoms with E-state index >= 15 is 0 Å². The Labute approximate surface area is 311 Å². The topological polar surface area (TPSA) is 179 Å². The van der Waals surface area contributed by atoms with Gasteiger partial charge in [-0.15, -0.1) is 5.92 Å². The number of ketones is 2. The van der Waals surface area contributed by atoms with E-state index in [9.17, 15) is 29.1 Å². The van der Waals surface area contributed by atoms with Gasteiger partial charge in [0.15, 0.2) is 23.5 Å². The van der Waals surface area contributed by atoms with E-state index < -0.39 is 52.7 Å². The Morgan fingerprint density at radius 1 is 1.02 bits per heavy atom. The number of hydrogen-bond donors (Lipinski definition) is 4. The average Bonchev–Trinajstić information content (AvgIpc) is 3.59. The third kappa shape index (κ3) is 7.89. The van der Waals surface area contributed by atoms with E-state index in [0.717, 1.165) is 56.9 Å². The van der Waals surface area contributed by atoms with Gasteiger partial charge >= 0.3 is 0 Å². The number of hydrogen-bond acceptors (Lipinski definition) is 10. The van der Waals surface area contributed by atoms with Gasteiger partial charge in [-0.05, 0) is 75.4 Å². The molecule has 3 amide bonds. The molecule has 13 heteroatoms. The van der Waals surface area contributed by atoms with Gasteiger partial charge in [-0.1, -0.05) is 51.2 Å². The molecule has 1 aliphatic heterocycles. The summed E-state index contributed by atoms with van der Waals surface area (Å²) < 4.78 is 24.4. The molecule has 0 aromatic rings. The number of nitrogens with one attached hydrogen (secondary N) is 3. The Hall–Kier alpha value is -3.41. The molecule has 10 atom stereocenters. The van der Waals surface area contributed by atoms with Crippen molar-refractivity contribution in [3.63, 3.8) is 0 Å². The highest BCUT2D eigenvalue weighted by Crippen LogP contribution is 2.69. The number of ether oxygens (including phenoxy) is 4. The van der Waals surface area contributed by atoms with Crippen LogP contribution in [0.4, 0.5) is 0 Å². The van der Waals surface area contributed by atoms with Gasteiger partial charge in [0.05, 0.1) is 25.3 Å². The van der Waals surface area contributed by atoms with Crippen LogP contribution in [-0.4, -0.2) is 97.6 Å². The molecule has 0 aromatic carbocycles. The second-order valence-electron chi connectivity index (χ2n) is 15.9. The minimum absolute atomic E-state index is 0.0193. The zero-order valence-electron chi connectivity index (χ0n) is 31.2. The SMILES string of the molecule is CCCC1O[C@@H]2C[C@H]3[C@@H]4CCC5=CC(=O)C=C[C@]5(C)C4[C@@H](O)C[C@]3(C)[C@]2(C(=O)COCNC(=O)CNC(=O)CNC(=O)COC2C#CCCCCC2)O1. The van der Waals surface area contributed by atoms with Crippen LogP contribution in [-0.2, 0) is 42.9 Å². The molecule has 1 heterocycles. The molecule has 6 rings (SSSR count). The van der Waals surface area contributed by atoms with Crippen LogP contribution in [0.15, 0.2) is 23.8 Å². The summed E-state index contributed by atoms with van der Waals surface area (Å²) in [6, 6.07) is 0. The maximum absolute atomic E-state index is 14.3. The monoisotopic (exact) mass is 737 g/mol. The molecule has 1 saturated heterocycles. The lowest BCUT2D eigenvalue weighted by molar-refractivity contribution is -0.201. The lowest BCUT2D eigenvalue weighted by Gasteiger charge is -2.59. The van der Waals surface area contributed by atoms with E-state index in [1.807, 2.05) is 19.9 Å². The standard InChI is InChI=1S/C40H55N3O10/c1-4-10-36-52-32-18-29-28-14-13-25-17-26(44)15-16-38(25,2)37(28)30(45)19-39(29,3)40(32,53-36)31(46)22-50-24-43-34(48)21-41-33(47)20-42-35(49)23-51-27-11-8-6-5-7-9-12-27/h15-17,27-30,32,36-37,45H,4-8,10-11,13-14,18-24H2,1-3H3,(H,41,47)(H,42,49)(H,43,48)/t27?,28-,29-,30-,32+,36?,37?,38-,39-,40+/m0/s1. The first kappa shape index (κ1) is 39.3. The molecule has 6 aliphatic rings. The van der Waals surface area contributed by atoms with Gasteiger partial charge < -0.3 is 40.0 Å². The summed E-state index contributed by atoms with van der Waals surface area (Å²) in [5.74, 6) is 4.28. The molecule has 3 saturated carbocycles. The van der Waals surface area contributed by atoms with Crippen molar-refractivity contribution in [2.75, 3.05) is 33.0 Å². The van der Waals surface area contributed by atoms with Gasteiger partial charge in [0.2, 0.25) is 17.7 Å². The molecule has 4 fully saturated rings. The molecule has 4 N–H and O–H groups in total. The molecule has 0 aromatic heterocycles. The summed E-state index contributed by atoms with van der Waals surface area (Å²) in [5.41, 5.74) is -1.43. The predicted molar refractivity (Wildman–Crippen MR) is 191 cm³/mol.